The molecule has 27 fully saturated rings. The zero-order valence-electron chi connectivity index (χ0n) is 32.9. The average Bonchev–Trinajstić information content (AvgIpc) is 3.11. The van der Waals surface area contributed by atoms with Gasteiger partial charge in [-0.3, -0.25) is 0 Å². The van der Waals surface area contributed by atoms with Crippen LogP contribution < -0.4 is 0 Å². The van der Waals surface area contributed by atoms with Crippen molar-refractivity contribution in [2.75, 3.05) is 0 Å². The highest BCUT2D eigenvalue weighted by Gasteiger charge is 3.00. The summed E-state index contributed by atoms with van der Waals surface area (Å²) in [6.45, 7) is 0. The van der Waals surface area contributed by atoms with Crippen LogP contribution in [0.4, 0.5) is 0 Å². The minimum atomic E-state index is 1.27. The molecule has 0 saturated heterocycles. The lowest BCUT2D eigenvalue weighted by atomic mass is 9.02. The van der Waals surface area contributed by atoms with E-state index in [-0.39, 0.29) is 0 Å². The van der Waals surface area contributed by atoms with Gasteiger partial charge in [-0.1, -0.05) is 0 Å². The van der Waals surface area contributed by atoms with Crippen LogP contribution in [0.25, 0.3) is 0 Å². The molecule has 0 amide bonds. The van der Waals surface area contributed by atoms with Gasteiger partial charge in [0.05, 0.1) is 0 Å². The topological polar surface area (TPSA) is 0 Å². The molecule has 27 rings (SSSR count). The SMILES string of the molecule is C1C[C@@H]2C1C1C3C4C5C6C7C8C9C%10C%11C%12C%13C%14C(C%13C%12[C@@H]%11[C@@H]%10C9[C@@H]8[C@@H]7C6[C@@H]5[C@@H]4C3[C@@H]12)C1C%14C2C3C4C5C6C7C8C9C%10C%11C%12CC[C@@H]%12[C@@H]%11C%10[C@@H]9[C@@H]8C7[C@@H]6[C@@H]5C4[C@@H]3[C@H]12. The third-order valence-electron chi connectivity index (χ3n) is 35.9. The highest BCUT2D eigenvalue weighted by Crippen LogP contribution is 3.03. The summed E-state index contributed by atoms with van der Waals surface area (Å²) >= 11 is 0. The van der Waals surface area contributed by atoms with Crippen molar-refractivity contribution in [2.24, 2.45) is 308 Å². The van der Waals surface area contributed by atoms with Crippen LogP contribution in [0, 0.1) is 308 Å². The maximum atomic E-state index is 1.66. The van der Waals surface area contributed by atoms with Gasteiger partial charge in [0.2, 0.25) is 0 Å². The molecule has 0 heterocycles. The Bertz CT molecular complexity index is 2020. The molecule has 27 aliphatic rings. The quantitative estimate of drug-likeness (QED) is 0.222. The number of hydrogen-bond acceptors (Lipinski definition) is 0. The van der Waals surface area contributed by atoms with Crippen molar-refractivity contribution in [3.05, 3.63) is 0 Å². The molecule has 0 heteroatoms. The smallest absolute Gasteiger partial charge is 0.0312 e. The third-order valence-corrected chi connectivity index (χ3v) is 35.9. The Morgan fingerprint density at radius 1 is 0.0893 bits per heavy atom. The Labute approximate surface area is 332 Å². The van der Waals surface area contributed by atoms with Gasteiger partial charge in [-0.05, 0) is 333 Å². The molecule has 0 N–H and O–H groups in total. The van der Waals surface area contributed by atoms with Gasteiger partial charge in [-0.2, -0.15) is 0 Å². The van der Waals surface area contributed by atoms with Crippen LogP contribution in [-0.2, 0) is 0 Å². The number of fused-ring (bicyclic) bond motifs is 76. The van der Waals surface area contributed by atoms with Gasteiger partial charge >= 0.3 is 0 Å². The first-order valence-electron chi connectivity index (χ1n) is 28.0. The van der Waals surface area contributed by atoms with Crippen molar-refractivity contribution in [1.82, 2.24) is 0 Å². The predicted octanol–water partition coefficient (Wildman–Crippen LogP) is 7.96. The summed E-state index contributed by atoms with van der Waals surface area (Å²) in [5.41, 5.74) is 0. The van der Waals surface area contributed by atoms with Crippen LogP contribution in [0.3, 0.4) is 0 Å². The summed E-state index contributed by atoms with van der Waals surface area (Å²) in [6.07, 6.45) is 6.65. The molecule has 0 nitrogen and oxygen atoms in total. The second-order valence-corrected chi connectivity index (χ2v) is 31.5. The fourth-order valence-electron chi connectivity index (χ4n) is 36.6. The van der Waals surface area contributed by atoms with Gasteiger partial charge in [0, 0.05) is 0 Å². The second-order valence-electron chi connectivity index (χ2n) is 31.5. The van der Waals surface area contributed by atoms with E-state index in [9.17, 15) is 0 Å². The lowest BCUT2D eigenvalue weighted by Crippen LogP contribution is -2.99. The minimum Gasteiger partial charge on any atom is -0.0496 e. The van der Waals surface area contributed by atoms with E-state index in [0.29, 0.717) is 0 Å². The molecule has 0 bridgehead atoms. The minimum absolute atomic E-state index is 1.27. The Balaban J connectivity index is 0.459. The molecule has 27 aliphatic carbocycles. The fourth-order valence-corrected chi connectivity index (χ4v) is 36.6. The van der Waals surface area contributed by atoms with Crippen LogP contribution in [0.5, 0.6) is 0 Å². The Morgan fingerprint density at radius 3 is 0.232 bits per heavy atom. The van der Waals surface area contributed by atoms with Crippen molar-refractivity contribution in [3.8, 4) is 0 Å². The van der Waals surface area contributed by atoms with E-state index in [2.05, 4.69) is 0 Å². The van der Waals surface area contributed by atoms with Crippen molar-refractivity contribution >= 4 is 0 Å². The van der Waals surface area contributed by atoms with Gasteiger partial charge in [0.25, 0.3) is 0 Å². The van der Waals surface area contributed by atoms with E-state index in [1.54, 1.807) is 25.7 Å². The second kappa shape index (κ2) is 6.26. The molecule has 284 valence electrons. The molecular weight excluding hydrogens is 673 g/mol. The van der Waals surface area contributed by atoms with Crippen LogP contribution in [0.2, 0.25) is 0 Å². The molecule has 0 aromatic carbocycles. The third kappa shape index (κ3) is 1.54. The summed E-state index contributed by atoms with van der Waals surface area (Å²) in [4.78, 5) is 0. The standard InChI is InChI=1S/C56H60/c1-2-6-5(1)9-10(6)14-13(9)17-18(14)22-21(17)25-26(22)30-29(25)33-34(30)38-37(33)41-42(38)46-45(41)49-50(46)54-53(49)55-51-47-43-39-35-31-27-23-19-15-11-7-3-4-8(7)12(11)16(15)20(19)24(23)28(27)32(31)36(35)40(39)44(43)48(47)52(51)56(54)55/h5-56H,1-4H2/t5-,6?,7+,8?,9-,10?,11+,12?,13?,14?,15?,16?,17-,18?,19+,20?,21-,22?,23+,24?,25?,26?,27?,28?,29-,30?,31+,32?,33-,34?,35+,36?,37?,38?,39?,40?,41-,42?,43+,44?,45-,46?,47+,48?,49?,50?,51?,52?,53?,54?,55?,56?. The molecular formula is C56H60. The molecule has 0 spiro atoms. The molecule has 27 saturated carbocycles. The number of hydrogen-bond donors (Lipinski definition) is 0. The molecule has 0 aliphatic heterocycles. The lowest BCUT2D eigenvalue weighted by molar-refractivity contribution is -0.553. The first kappa shape index (κ1) is 25.2. The molecule has 0 aromatic heterocycles. The van der Waals surface area contributed by atoms with Crippen molar-refractivity contribution in [1.29, 1.82) is 0 Å². The Hall–Kier alpha value is 0. The maximum Gasteiger partial charge on any atom is -0.0312 e. The Kier molecular flexibility index (Phi) is 2.82. The van der Waals surface area contributed by atoms with E-state index >= 15 is 0 Å². The highest BCUT2D eigenvalue weighted by atomic mass is 15.0. The highest BCUT2D eigenvalue weighted by molar-refractivity contribution is 5.47. The van der Waals surface area contributed by atoms with Gasteiger partial charge in [0.15, 0.2) is 0 Å². The van der Waals surface area contributed by atoms with Gasteiger partial charge in [-0.25, -0.2) is 0 Å². The molecule has 56 heavy (non-hydrogen) atoms. The summed E-state index contributed by atoms with van der Waals surface area (Å²) in [5, 5.41) is 0. The summed E-state index contributed by atoms with van der Waals surface area (Å²) in [7, 11) is 0. The molecule has 36 unspecified atom stereocenters. The summed E-state index contributed by atoms with van der Waals surface area (Å²) < 4.78 is 0. The first-order valence-corrected chi connectivity index (χ1v) is 28.0. The van der Waals surface area contributed by atoms with Crippen molar-refractivity contribution < 1.29 is 0 Å². The van der Waals surface area contributed by atoms with E-state index in [1.807, 2.05) is 0 Å². The summed E-state index contributed by atoms with van der Waals surface area (Å²) in [6, 6.07) is 0. The zero-order valence-corrected chi connectivity index (χ0v) is 32.9. The normalized spacial score (nSPS) is 102. The Morgan fingerprint density at radius 2 is 0.161 bits per heavy atom. The van der Waals surface area contributed by atoms with Crippen molar-refractivity contribution in [2.45, 2.75) is 25.7 Å². The predicted molar refractivity (Wildman–Crippen MR) is 200 cm³/mol. The van der Waals surface area contributed by atoms with Crippen LogP contribution >= 0.6 is 0 Å². The van der Waals surface area contributed by atoms with Crippen LogP contribution in [0.1, 0.15) is 25.7 Å². The van der Waals surface area contributed by atoms with E-state index in [4.69, 9.17) is 0 Å². The largest absolute Gasteiger partial charge is 0.0496 e. The lowest BCUT2D eigenvalue weighted by Gasteiger charge is -3.02. The zero-order chi connectivity index (χ0) is 32.9. The number of rotatable bonds is 0. The molecule has 0 radical (unpaired) electrons. The average molecular weight is 733 g/mol. The maximum absolute atomic E-state index is 1.66. The van der Waals surface area contributed by atoms with Gasteiger partial charge in [0.1, 0.15) is 0 Å². The van der Waals surface area contributed by atoms with E-state index in [1.165, 1.54) is 308 Å². The molecule has 52 atom stereocenters. The summed E-state index contributed by atoms with van der Waals surface area (Å²) in [5.74, 6) is 68.7. The first-order chi connectivity index (χ1) is 28.0. The van der Waals surface area contributed by atoms with Crippen LogP contribution in [0.15, 0.2) is 0 Å². The van der Waals surface area contributed by atoms with Gasteiger partial charge < -0.3 is 0 Å². The molecule has 0 aromatic rings. The van der Waals surface area contributed by atoms with E-state index in [0.717, 1.165) is 0 Å². The van der Waals surface area contributed by atoms with Crippen molar-refractivity contribution in [3.63, 3.8) is 0 Å². The van der Waals surface area contributed by atoms with E-state index < -0.39 is 0 Å². The van der Waals surface area contributed by atoms with Gasteiger partial charge in [-0.15, -0.1) is 0 Å². The fraction of sp³-hybridized carbons (Fsp3) is 1.00. The monoisotopic (exact) mass is 732 g/mol. The van der Waals surface area contributed by atoms with Crippen LogP contribution in [-0.4, -0.2) is 0 Å².